The van der Waals surface area contributed by atoms with Crippen LogP contribution in [0.3, 0.4) is 0 Å². The maximum Gasteiger partial charge on any atom is 0.276 e. The first kappa shape index (κ1) is 17.5. The van der Waals surface area contributed by atoms with Gasteiger partial charge in [-0.2, -0.15) is 0 Å². The predicted molar refractivity (Wildman–Crippen MR) is 100 cm³/mol. The third-order valence-corrected chi connectivity index (χ3v) is 5.70. The Morgan fingerprint density at radius 3 is 2.77 bits per heavy atom. The number of hydrogen-bond acceptors (Lipinski definition) is 4. The van der Waals surface area contributed by atoms with Crippen molar-refractivity contribution in [2.75, 3.05) is 26.2 Å². The van der Waals surface area contributed by atoms with E-state index in [0.29, 0.717) is 5.69 Å². The second-order valence-electron chi connectivity index (χ2n) is 7.21. The molecule has 2 saturated heterocycles. The Hall–Kier alpha value is -1.92. The van der Waals surface area contributed by atoms with E-state index in [2.05, 4.69) is 21.3 Å². The summed E-state index contributed by atoms with van der Waals surface area (Å²) in [6.07, 6.45) is 6.15. The van der Waals surface area contributed by atoms with Crippen molar-refractivity contribution in [3.05, 3.63) is 46.7 Å². The van der Waals surface area contributed by atoms with Gasteiger partial charge in [-0.15, -0.1) is 5.10 Å². The molecule has 0 spiro atoms. The first-order chi connectivity index (χ1) is 12.7. The molecule has 7 heteroatoms. The fraction of sp³-hybridized carbons (Fsp3) is 0.526. The number of carbonyl (C=O) groups is 1. The predicted octanol–water partition coefficient (Wildman–Crippen LogP) is 3.00. The summed E-state index contributed by atoms with van der Waals surface area (Å²) in [6.45, 7) is 4.45. The van der Waals surface area contributed by atoms with Crippen molar-refractivity contribution in [3.63, 3.8) is 0 Å². The number of halogens is 1. The number of aromatic nitrogens is 3. The molecule has 0 radical (unpaired) electrons. The van der Waals surface area contributed by atoms with Crippen LogP contribution in [0.1, 0.15) is 47.8 Å². The van der Waals surface area contributed by atoms with Gasteiger partial charge >= 0.3 is 0 Å². The number of amides is 1. The van der Waals surface area contributed by atoms with Gasteiger partial charge in [0.05, 0.1) is 12.2 Å². The van der Waals surface area contributed by atoms with Gasteiger partial charge in [-0.05, 0) is 43.9 Å². The summed E-state index contributed by atoms with van der Waals surface area (Å²) >= 11 is 6.30. The molecule has 2 aliphatic rings. The van der Waals surface area contributed by atoms with Crippen molar-refractivity contribution in [3.8, 4) is 0 Å². The number of likely N-dealkylation sites (tertiary alicyclic amines) is 2. The number of carbonyl (C=O) groups excluding carboxylic acids is 1. The molecule has 3 heterocycles. The van der Waals surface area contributed by atoms with E-state index in [4.69, 9.17) is 11.6 Å². The average molecular weight is 374 g/mol. The average Bonchev–Trinajstić information content (AvgIpc) is 3.36. The lowest BCUT2D eigenvalue weighted by Gasteiger charge is -2.32. The summed E-state index contributed by atoms with van der Waals surface area (Å²) in [5, 5.41) is 9.21. The van der Waals surface area contributed by atoms with Crippen LogP contribution in [0.15, 0.2) is 30.5 Å². The molecule has 0 saturated carbocycles. The molecule has 138 valence electrons. The van der Waals surface area contributed by atoms with Crippen LogP contribution < -0.4 is 0 Å². The lowest BCUT2D eigenvalue weighted by Crippen LogP contribution is -2.36. The highest BCUT2D eigenvalue weighted by Crippen LogP contribution is 2.24. The Kier molecular flexibility index (Phi) is 5.22. The van der Waals surface area contributed by atoms with Crippen molar-refractivity contribution in [1.29, 1.82) is 0 Å². The highest BCUT2D eigenvalue weighted by atomic mass is 35.5. The van der Waals surface area contributed by atoms with Gasteiger partial charge in [0.2, 0.25) is 0 Å². The topological polar surface area (TPSA) is 54.3 Å². The molecule has 1 aromatic carbocycles. The zero-order valence-corrected chi connectivity index (χ0v) is 15.6. The van der Waals surface area contributed by atoms with Crippen LogP contribution >= 0.6 is 11.6 Å². The number of hydrogen-bond donors (Lipinski definition) is 0. The van der Waals surface area contributed by atoms with Crippen LogP contribution in [0.2, 0.25) is 5.02 Å². The second kappa shape index (κ2) is 7.76. The molecule has 6 nitrogen and oxygen atoms in total. The Balaban J connectivity index is 1.41. The van der Waals surface area contributed by atoms with Crippen molar-refractivity contribution >= 4 is 17.5 Å². The standard InChI is InChI=1S/C19H24ClN5O/c20-17-8-2-1-6-15(17)12-23-9-5-7-16(13-23)25-14-18(21-22-25)19(26)24-10-3-4-11-24/h1-2,6,8,14,16H,3-5,7,9-13H2/t16-/m0/s1. The van der Waals surface area contributed by atoms with Gasteiger partial charge in [0.15, 0.2) is 5.69 Å². The summed E-state index contributed by atoms with van der Waals surface area (Å²) in [4.78, 5) is 16.7. The Labute approximate surface area is 158 Å². The first-order valence-electron chi connectivity index (χ1n) is 9.37. The quantitative estimate of drug-likeness (QED) is 0.826. The van der Waals surface area contributed by atoms with Gasteiger partial charge in [-0.25, -0.2) is 4.68 Å². The van der Waals surface area contributed by atoms with Crippen LogP contribution in [-0.2, 0) is 6.54 Å². The minimum atomic E-state index is 0.0116. The normalized spacial score (nSPS) is 21.3. The Morgan fingerprint density at radius 2 is 1.96 bits per heavy atom. The van der Waals surface area contributed by atoms with E-state index < -0.39 is 0 Å². The molecule has 0 unspecified atom stereocenters. The van der Waals surface area contributed by atoms with Gasteiger partial charge in [0, 0.05) is 31.2 Å². The van der Waals surface area contributed by atoms with Crippen LogP contribution in [-0.4, -0.2) is 56.9 Å². The Morgan fingerprint density at radius 1 is 1.15 bits per heavy atom. The molecule has 0 aliphatic carbocycles. The molecule has 2 aromatic rings. The summed E-state index contributed by atoms with van der Waals surface area (Å²) in [6, 6.07) is 8.24. The molecule has 2 fully saturated rings. The van der Waals surface area contributed by atoms with E-state index in [0.717, 1.165) is 69.0 Å². The van der Waals surface area contributed by atoms with E-state index in [-0.39, 0.29) is 11.9 Å². The molecule has 4 rings (SSSR count). The second-order valence-corrected chi connectivity index (χ2v) is 7.61. The van der Waals surface area contributed by atoms with Gasteiger partial charge in [-0.3, -0.25) is 9.69 Å². The minimum absolute atomic E-state index is 0.0116. The van der Waals surface area contributed by atoms with Crippen LogP contribution in [0, 0.1) is 0 Å². The SMILES string of the molecule is O=C(c1cn([C@H]2CCCN(Cc3ccccc3Cl)C2)nn1)N1CCCC1. The monoisotopic (exact) mass is 373 g/mol. The zero-order valence-electron chi connectivity index (χ0n) is 14.9. The molecular formula is C19H24ClN5O. The van der Waals surface area contributed by atoms with Gasteiger partial charge in [-0.1, -0.05) is 35.0 Å². The summed E-state index contributed by atoms with van der Waals surface area (Å²) in [7, 11) is 0. The van der Waals surface area contributed by atoms with Crippen molar-refractivity contribution in [2.45, 2.75) is 38.3 Å². The van der Waals surface area contributed by atoms with Gasteiger partial charge in [0.25, 0.3) is 5.91 Å². The van der Waals surface area contributed by atoms with E-state index in [9.17, 15) is 4.79 Å². The summed E-state index contributed by atoms with van der Waals surface area (Å²) in [5.74, 6) is 0.0116. The molecule has 2 aliphatic heterocycles. The number of nitrogens with zero attached hydrogens (tertiary/aromatic N) is 5. The maximum absolute atomic E-state index is 12.5. The molecule has 1 aromatic heterocycles. The molecule has 1 atom stereocenters. The van der Waals surface area contributed by atoms with Gasteiger partial charge in [0.1, 0.15) is 0 Å². The largest absolute Gasteiger partial charge is 0.337 e. The minimum Gasteiger partial charge on any atom is -0.337 e. The van der Waals surface area contributed by atoms with E-state index in [1.807, 2.05) is 34.0 Å². The number of rotatable bonds is 4. The molecule has 26 heavy (non-hydrogen) atoms. The summed E-state index contributed by atoms with van der Waals surface area (Å²) < 4.78 is 1.88. The third-order valence-electron chi connectivity index (χ3n) is 5.33. The van der Waals surface area contributed by atoms with Crippen molar-refractivity contribution < 1.29 is 4.79 Å². The molecule has 0 N–H and O–H groups in total. The first-order valence-corrected chi connectivity index (χ1v) is 9.75. The lowest BCUT2D eigenvalue weighted by atomic mass is 10.0. The smallest absolute Gasteiger partial charge is 0.276 e. The summed E-state index contributed by atoms with van der Waals surface area (Å²) in [5.41, 5.74) is 1.62. The highest BCUT2D eigenvalue weighted by molar-refractivity contribution is 6.31. The van der Waals surface area contributed by atoms with Crippen molar-refractivity contribution in [2.24, 2.45) is 0 Å². The molecule has 0 bridgehead atoms. The van der Waals surface area contributed by atoms with E-state index in [1.54, 1.807) is 0 Å². The maximum atomic E-state index is 12.5. The van der Waals surface area contributed by atoms with Crippen LogP contribution in [0.4, 0.5) is 0 Å². The zero-order chi connectivity index (χ0) is 17.9. The fourth-order valence-corrected chi connectivity index (χ4v) is 4.09. The highest BCUT2D eigenvalue weighted by Gasteiger charge is 2.26. The van der Waals surface area contributed by atoms with E-state index in [1.165, 1.54) is 0 Å². The van der Waals surface area contributed by atoms with Crippen molar-refractivity contribution in [1.82, 2.24) is 24.8 Å². The van der Waals surface area contributed by atoms with Crippen LogP contribution in [0.5, 0.6) is 0 Å². The third kappa shape index (κ3) is 3.76. The number of piperidine rings is 1. The fourth-order valence-electron chi connectivity index (χ4n) is 3.89. The Bertz CT molecular complexity index is 771. The van der Waals surface area contributed by atoms with Crippen LogP contribution in [0.25, 0.3) is 0 Å². The number of benzene rings is 1. The van der Waals surface area contributed by atoms with E-state index >= 15 is 0 Å². The molecule has 1 amide bonds. The molecular weight excluding hydrogens is 350 g/mol. The lowest BCUT2D eigenvalue weighted by molar-refractivity contribution is 0.0787. The van der Waals surface area contributed by atoms with Gasteiger partial charge < -0.3 is 4.90 Å².